The fourth-order valence-corrected chi connectivity index (χ4v) is 8.93. The van der Waals surface area contributed by atoms with Crippen LogP contribution < -0.4 is 0 Å². The SMILES string of the molecule is CC[C@]12CCC3C4=C(CC(=O)CC4)CC(C)C3C1[C@@H]1C[C@@H]1[C@@]21C=CCO1. The molecule has 26 heavy (non-hydrogen) atoms. The van der Waals surface area contributed by atoms with E-state index in [0.717, 1.165) is 61.4 Å². The molecule has 3 fully saturated rings. The summed E-state index contributed by atoms with van der Waals surface area (Å²) in [7, 11) is 0. The van der Waals surface area contributed by atoms with E-state index in [-0.39, 0.29) is 5.60 Å². The molecule has 6 rings (SSSR count). The van der Waals surface area contributed by atoms with Crippen LogP contribution in [0.25, 0.3) is 0 Å². The molecule has 0 amide bonds. The Bertz CT molecular complexity index is 732. The summed E-state index contributed by atoms with van der Waals surface area (Å²) in [6, 6.07) is 0. The lowest BCUT2D eigenvalue weighted by molar-refractivity contribution is -0.140. The maximum absolute atomic E-state index is 12.0. The largest absolute Gasteiger partial charge is 0.366 e. The number of hydrogen-bond acceptors (Lipinski definition) is 2. The van der Waals surface area contributed by atoms with E-state index in [4.69, 9.17) is 4.74 Å². The van der Waals surface area contributed by atoms with Crippen molar-refractivity contribution < 1.29 is 9.53 Å². The highest BCUT2D eigenvalue weighted by Gasteiger charge is 2.77. The lowest BCUT2D eigenvalue weighted by atomic mass is 9.47. The third kappa shape index (κ3) is 1.72. The first-order valence-corrected chi connectivity index (χ1v) is 11.2. The van der Waals surface area contributed by atoms with Gasteiger partial charge >= 0.3 is 0 Å². The van der Waals surface area contributed by atoms with Crippen LogP contribution in [0.3, 0.4) is 0 Å². The summed E-state index contributed by atoms with van der Waals surface area (Å²) in [6.45, 7) is 5.77. The number of Topliss-reactive ketones (excluding diaryl/α,β-unsaturated/α-hetero) is 1. The Hall–Kier alpha value is -0.890. The molecule has 0 bridgehead atoms. The number of ketones is 1. The normalized spacial score (nSPS) is 54.2. The minimum Gasteiger partial charge on any atom is -0.366 e. The zero-order chi connectivity index (χ0) is 17.7. The third-order valence-corrected chi connectivity index (χ3v) is 9.67. The average molecular weight is 353 g/mol. The Morgan fingerprint density at radius 3 is 2.96 bits per heavy atom. The molecule has 140 valence electrons. The van der Waals surface area contributed by atoms with Gasteiger partial charge in [-0.2, -0.15) is 0 Å². The maximum atomic E-state index is 12.0. The summed E-state index contributed by atoms with van der Waals surface area (Å²) in [4.78, 5) is 12.0. The van der Waals surface area contributed by atoms with Gasteiger partial charge in [0.25, 0.3) is 0 Å². The molecule has 4 unspecified atom stereocenters. The molecule has 0 aromatic heterocycles. The lowest BCUT2D eigenvalue weighted by Gasteiger charge is -2.58. The van der Waals surface area contributed by atoms with E-state index < -0.39 is 0 Å². The van der Waals surface area contributed by atoms with Gasteiger partial charge in [-0.15, -0.1) is 0 Å². The molecule has 0 radical (unpaired) electrons. The van der Waals surface area contributed by atoms with Crippen LogP contribution in [0.4, 0.5) is 0 Å². The van der Waals surface area contributed by atoms with E-state index in [0.29, 0.717) is 11.2 Å². The third-order valence-electron chi connectivity index (χ3n) is 9.67. The Kier molecular flexibility index (Phi) is 3.18. The fraction of sp³-hybridized carbons (Fsp3) is 0.792. The van der Waals surface area contributed by atoms with Gasteiger partial charge in [-0.1, -0.05) is 37.1 Å². The van der Waals surface area contributed by atoms with Gasteiger partial charge in [-0.3, -0.25) is 4.79 Å². The second kappa shape index (κ2) is 5.13. The van der Waals surface area contributed by atoms with Crippen molar-refractivity contribution in [2.75, 3.05) is 6.61 Å². The van der Waals surface area contributed by atoms with Gasteiger partial charge in [0.1, 0.15) is 5.78 Å². The predicted molar refractivity (Wildman–Crippen MR) is 102 cm³/mol. The summed E-state index contributed by atoms with van der Waals surface area (Å²) in [5.41, 5.74) is 3.74. The number of hydrogen-bond donors (Lipinski definition) is 0. The van der Waals surface area contributed by atoms with Crippen molar-refractivity contribution in [3.8, 4) is 0 Å². The molecule has 5 aliphatic carbocycles. The van der Waals surface area contributed by atoms with Crippen molar-refractivity contribution in [2.24, 2.45) is 40.9 Å². The first-order chi connectivity index (χ1) is 12.6. The lowest BCUT2D eigenvalue weighted by Crippen LogP contribution is -2.56. The van der Waals surface area contributed by atoms with Crippen LogP contribution in [-0.4, -0.2) is 18.0 Å². The molecule has 3 saturated carbocycles. The van der Waals surface area contributed by atoms with Crippen LogP contribution in [0, 0.1) is 40.9 Å². The minimum atomic E-state index is 0.0684. The zero-order valence-electron chi connectivity index (χ0n) is 16.3. The molecular formula is C24H32O2. The zero-order valence-corrected chi connectivity index (χ0v) is 16.3. The Morgan fingerprint density at radius 2 is 2.19 bits per heavy atom. The number of ether oxygens (including phenoxy) is 1. The van der Waals surface area contributed by atoms with Crippen LogP contribution in [0.2, 0.25) is 0 Å². The Balaban J connectivity index is 1.44. The van der Waals surface area contributed by atoms with Crippen molar-refractivity contribution >= 4 is 5.78 Å². The average Bonchev–Trinajstić information content (AvgIpc) is 3.21. The van der Waals surface area contributed by atoms with Crippen LogP contribution >= 0.6 is 0 Å². The van der Waals surface area contributed by atoms with Crippen molar-refractivity contribution in [2.45, 2.75) is 70.8 Å². The van der Waals surface area contributed by atoms with Gasteiger partial charge in [0.15, 0.2) is 0 Å². The molecule has 6 aliphatic rings. The monoisotopic (exact) mass is 352 g/mol. The van der Waals surface area contributed by atoms with Gasteiger partial charge in [-0.25, -0.2) is 0 Å². The number of fused-ring (bicyclic) bond motifs is 8. The predicted octanol–water partition coefficient (Wildman–Crippen LogP) is 5.09. The van der Waals surface area contributed by atoms with Crippen molar-refractivity contribution in [1.29, 1.82) is 0 Å². The highest BCUT2D eigenvalue weighted by atomic mass is 16.5. The first kappa shape index (κ1) is 16.1. The molecule has 0 aromatic carbocycles. The summed E-state index contributed by atoms with van der Waals surface area (Å²) < 4.78 is 6.59. The molecule has 2 heteroatoms. The summed E-state index contributed by atoms with van der Waals surface area (Å²) >= 11 is 0. The van der Waals surface area contributed by atoms with Gasteiger partial charge in [0.05, 0.1) is 12.2 Å². The van der Waals surface area contributed by atoms with Crippen LogP contribution in [0.15, 0.2) is 23.3 Å². The quantitative estimate of drug-likeness (QED) is 0.615. The second-order valence-corrected chi connectivity index (χ2v) is 10.3. The van der Waals surface area contributed by atoms with E-state index in [9.17, 15) is 4.79 Å². The smallest absolute Gasteiger partial charge is 0.137 e. The summed E-state index contributed by atoms with van der Waals surface area (Å²) in [5.74, 6) is 5.37. The number of carbonyl (C=O) groups excluding carboxylic acids is 1. The van der Waals surface area contributed by atoms with Crippen molar-refractivity contribution in [3.05, 3.63) is 23.3 Å². The van der Waals surface area contributed by atoms with Crippen LogP contribution in [0.5, 0.6) is 0 Å². The van der Waals surface area contributed by atoms with Gasteiger partial charge in [-0.05, 0) is 74.0 Å². The second-order valence-electron chi connectivity index (χ2n) is 10.3. The summed E-state index contributed by atoms with van der Waals surface area (Å²) in [6.07, 6.45) is 14.0. The van der Waals surface area contributed by atoms with E-state index in [1.54, 1.807) is 11.1 Å². The van der Waals surface area contributed by atoms with Crippen LogP contribution in [0.1, 0.15) is 65.2 Å². The fourth-order valence-electron chi connectivity index (χ4n) is 8.93. The molecule has 0 N–H and O–H groups in total. The highest BCUT2D eigenvalue weighted by Crippen LogP contribution is 2.78. The maximum Gasteiger partial charge on any atom is 0.137 e. The number of rotatable bonds is 1. The molecule has 0 saturated heterocycles. The van der Waals surface area contributed by atoms with Crippen molar-refractivity contribution in [1.82, 2.24) is 0 Å². The molecular weight excluding hydrogens is 320 g/mol. The van der Waals surface area contributed by atoms with Gasteiger partial charge in [0.2, 0.25) is 0 Å². The van der Waals surface area contributed by atoms with E-state index in [2.05, 4.69) is 26.0 Å². The molecule has 1 heterocycles. The molecule has 1 spiro atoms. The first-order valence-electron chi connectivity index (χ1n) is 11.2. The molecule has 8 atom stereocenters. The highest BCUT2D eigenvalue weighted by molar-refractivity contribution is 5.82. The standard InChI is InChI=1S/C24H32O2/c1-3-23-9-7-18-17-6-5-16(25)12-15(17)11-14(2)21(18)22(23)19-13-20(19)24(23)8-4-10-26-24/h4,8,14,18-22H,3,5-7,9-13H2,1-2H3/t14?,18?,19-,20+,21?,22?,23+,24+/m1/s1. The summed E-state index contributed by atoms with van der Waals surface area (Å²) in [5, 5.41) is 0. The Labute approximate surface area is 157 Å². The van der Waals surface area contributed by atoms with E-state index >= 15 is 0 Å². The number of allylic oxidation sites excluding steroid dienone is 2. The van der Waals surface area contributed by atoms with Gasteiger partial charge < -0.3 is 4.74 Å². The minimum absolute atomic E-state index is 0.0684. The Morgan fingerprint density at radius 1 is 1.31 bits per heavy atom. The number of carbonyl (C=O) groups is 1. The van der Waals surface area contributed by atoms with E-state index in [1.807, 2.05) is 0 Å². The molecule has 0 aromatic rings. The molecule has 1 aliphatic heterocycles. The molecule has 2 nitrogen and oxygen atoms in total. The topological polar surface area (TPSA) is 26.3 Å². The van der Waals surface area contributed by atoms with Gasteiger partial charge in [0, 0.05) is 18.3 Å². The van der Waals surface area contributed by atoms with E-state index in [1.165, 1.54) is 32.1 Å². The van der Waals surface area contributed by atoms with Crippen molar-refractivity contribution in [3.63, 3.8) is 0 Å². The van der Waals surface area contributed by atoms with Crippen LogP contribution in [-0.2, 0) is 9.53 Å².